The number of carbonyl (C=O) groups excluding carboxylic acids is 1. The summed E-state index contributed by atoms with van der Waals surface area (Å²) in [6.45, 7) is 0.548. The number of hydrogen-bond acceptors (Lipinski definition) is 3. The van der Waals surface area contributed by atoms with Gasteiger partial charge in [-0.25, -0.2) is 0 Å². The molecule has 0 aliphatic carbocycles. The second kappa shape index (κ2) is 7.57. The molecule has 1 N–H and O–H groups in total. The number of benzene rings is 1. The maximum absolute atomic E-state index is 11.9. The minimum absolute atomic E-state index is 0.194. The first-order valence-electron chi connectivity index (χ1n) is 5.67. The lowest BCUT2D eigenvalue weighted by Gasteiger charge is -2.09. The van der Waals surface area contributed by atoms with Crippen molar-refractivity contribution in [2.24, 2.45) is 0 Å². The predicted molar refractivity (Wildman–Crippen MR) is 69.8 cm³/mol. The Morgan fingerprint density at radius 1 is 1.50 bits per heavy atom. The predicted octanol–water partition coefficient (Wildman–Crippen LogP) is 2.77. The van der Waals surface area contributed by atoms with Crippen molar-refractivity contribution in [2.75, 3.05) is 13.7 Å². The zero-order chi connectivity index (χ0) is 13.4. The molecule has 18 heavy (non-hydrogen) atoms. The highest BCUT2D eigenvalue weighted by Crippen LogP contribution is 2.22. The molecule has 1 rings (SSSR count). The summed E-state index contributed by atoms with van der Waals surface area (Å²) in [5.41, 5.74) is 0.460. The Hall–Kier alpha value is -1.73. The Labute approximate surface area is 112 Å². The Morgan fingerprint density at radius 2 is 2.28 bits per heavy atom. The number of rotatable bonds is 6. The summed E-state index contributed by atoms with van der Waals surface area (Å²) in [5, 5.41) is 11.7. The van der Waals surface area contributed by atoms with Crippen LogP contribution in [0.15, 0.2) is 18.2 Å². The first-order valence-corrected chi connectivity index (χ1v) is 6.05. The maximum Gasteiger partial charge on any atom is 0.255 e. The van der Waals surface area contributed by atoms with Gasteiger partial charge in [-0.3, -0.25) is 4.79 Å². The molecule has 5 heteroatoms. The van der Waals surface area contributed by atoms with Gasteiger partial charge >= 0.3 is 0 Å². The lowest BCUT2D eigenvalue weighted by atomic mass is 10.2. The van der Waals surface area contributed by atoms with E-state index in [2.05, 4.69) is 11.4 Å². The van der Waals surface area contributed by atoms with E-state index in [9.17, 15) is 4.79 Å². The Morgan fingerprint density at radius 3 is 2.94 bits per heavy atom. The molecule has 0 bridgehead atoms. The molecule has 0 aliphatic rings. The van der Waals surface area contributed by atoms with Crippen LogP contribution in [-0.4, -0.2) is 19.6 Å². The van der Waals surface area contributed by atoms with Crippen LogP contribution in [0, 0.1) is 11.3 Å². The molecular weight excluding hydrogens is 252 g/mol. The molecule has 0 saturated heterocycles. The van der Waals surface area contributed by atoms with Crippen molar-refractivity contribution in [2.45, 2.75) is 19.3 Å². The van der Waals surface area contributed by atoms with Crippen molar-refractivity contribution in [1.29, 1.82) is 5.26 Å². The molecule has 0 heterocycles. The molecule has 1 amide bonds. The Bertz CT molecular complexity index is 455. The van der Waals surface area contributed by atoms with E-state index in [0.29, 0.717) is 29.3 Å². The minimum atomic E-state index is -0.194. The van der Waals surface area contributed by atoms with Gasteiger partial charge in [0.05, 0.1) is 18.7 Å². The van der Waals surface area contributed by atoms with Crippen LogP contribution < -0.4 is 10.1 Å². The molecule has 0 aromatic heterocycles. The molecule has 1 aromatic rings. The van der Waals surface area contributed by atoms with E-state index in [4.69, 9.17) is 21.6 Å². The average Bonchev–Trinajstić information content (AvgIpc) is 2.38. The summed E-state index contributed by atoms with van der Waals surface area (Å²) in [6, 6.07) is 6.95. The molecule has 0 atom stereocenters. The standard InChI is InChI=1S/C13H15ClN2O2/c1-18-12-9-10(14)5-6-11(12)13(17)16-8-4-2-3-7-15/h5-6,9H,2-4,8H2,1H3,(H,16,17). The van der Waals surface area contributed by atoms with Crippen LogP contribution in [0.5, 0.6) is 5.75 Å². The molecule has 0 spiro atoms. The van der Waals surface area contributed by atoms with Gasteiger partial charge in [0.2, 0.25) is 0 Å². The van der Waals surface area contributed by atoms with Gasteiger partial charge in [-0.1, -0.05) is 11.6 Å². The number of nitrogens with one attached hydrogen (secondary N) is 1. The summed E-state index contributed by atoms with van der Waals surface area (Å²) in [6.07, 6.45) is 2.09. The fourth-order valence-corrected chi connectivity index (χ4v) is 1.64. The van der Waals surface area contributed by atoms with E-state index in [1.54, 1.807) is 18.2 Å². The monoisotopic (exact) mass is 266 g/mol. The van der Waals surface area contributed by atoms with Crippen molar-refractivity contribution in [3.8, 4) is 11.8 Å². The smallest absolute Gasteiger partial charge is 0.255 e. The van der Waals surface area contributed by atoms with Gasteiger partial charge in [0.15, 0.2) is 0 Å². The third kappa shape index (κ3) is 4.27. The average molecular weight is 267 g/mol. The van der Waals surface area contributed by atoms with Crippen LogP contribution in [0.25, 0.3) is 0 Å². The number of nitriles is 1. The van der Waals surface area contributed by atoms with Crippen LogP contribution in [0.1, 0.15) is 29.6 Å². The van der Waals surface area contributed by atoms with Gasteiger partial charge in [-0.2, -0.15) is 5.26 Å². The highest BCUT2D eigenvalue weighted by atomic mass is 35.5. The summed E-state index contributed by atoms with van der Waals surface area (Å²) in [4.78, 5) is 11.9. The number of nitrogens with zero attached hydrogens (tertiary/aromatic N) is 1. The fraction of sp³-hybridized carbons (Fsp3) is 0.385. The van der Waals surface area contributed by atoms with E-state index >= 15 is 0 Å². The summed E-state index contributed by atoms with van der Waals surface area (Å²) >= 11 is 5.82. The molecule has 0 fully saturated rings. The van der Waals surface area contributed by atoms with E-state index in [1.807, 2.05) is 0 Å². The number of unbranched alkanes of at least 4 members (excludes halogenated alkanes) is 2. The Balaban J connectivity index is 2.54. The largest absolute Gasteiger partial charge is 0.496 e. The fourth-order valence-electron chi connectivity index (χ4n) is 1.48. The van der Waals surface area contributed by atoms with Crippen molar-refractivity contribution >= 4 is 17.5 Å². The van der Waals surface area contributed by atoms with Crippen LogP contribution in [-0.2, 0) is 0 Å². The van der Waals surface area contributed by atoms with Crippen molar-refractivity contribution in [1.82, 2.24) is 5.32 Å². The third-order valence-electron chi connectivity index (χ3n) is 2.41. The number of halogens is 1. The van der Waals surface area contributed by atoms with Gasteiger partial charge in [0.1, 0.15) is 5.75 Å². The molecule has 0 saturated carbocycles. The van der Waals surface area contributed by atoms with Crippen LogP contribution in [0.3, 0.4) is 0 Å². The maximum atomic E-state index is 11.9. The quantitative estimate of drug-likeness (QED) is 0.806. The number of hydrogen-bond donors (Lipinski definition) is 1. The summed E-state index contributed by atoms with van der Waals surface area (Å²) in [5.74, 6) is 0.262. The van der Waals surface area contributed by atoms with E-state index in [-0.39, 0.29) is 5.91 Å². The molecule has 4 nitrogen and oxygen atoms in total. The zero-order valence-corrected chi connectivity index (χ0v) is 11.0. The van der Waals surface area contributed by atoms with E-state index in [1.165, 1.54) is 7.11 Å². The lowest BCUT2D eigenvalue weighted by molar-refractivity contribution is 0.0950. The van der Waals surface area contributed by atoms with Crippen molar-refractivity contribution < 1.29 is 9.53 Å². The number of ether oxygens (including phenoxy) is 1. The second-order valence-electron chi connectivity index (χ2n) is 3.72. The van der Waals surface area contributed by atoms with Gasteiger partial charge in [-0.05, 0) is 31.0 Å². The molecular formula is C13H15ClN2O2. The highest BCUT2D eigenvalue weighted by Gasteiger charge is 2.11. The first kappa shape index (κ1) is 14.3. The van der Waals surface area contributed by atoms with E-state index < -0.39 is 0 Å². The topological polar surface area (TPSA) is 62.1 Å². The van der Waals surface area contributed by atoms with Crippen molar-refractivity contribution in [3.05, 3.63) is 28.8 Å². The minimum Gasteiger partial charge on any atom is -0.496 e. The van der Waals surface area contributed by atoms with Gasteiger partial charge < -0.3 is 10.1 Å². The van der Waals surface area contributed by atoms with Gasteiger partial charge in [0.25, 0.3) is 5.91 Å². The summed E-state index contributed by atoms with van der Waals surface area (Å²) < 4.78 is 5.10. The molecule has 0 unspecified atom stereocenters. The normalized spacial score (nSPS) is 9.61. The van der Waals surface area contributed by atoms with Crippen molar-refractivity contribution in [3.63, 3.8) is 0 Å². The van der Waals surface area contributed by atoms with Gasteiger partial charge in [0, 0.05) is 18.0 Å². The Kier molecular flexibility index (Phi) is 6.03. The number of carbonyl (C=O) groups is 1. The van der Waals surface area contributed by atoms with Crippen LogP contribution in [0.2, 0.25) is 5.02 Å². The van der Waals surface area contributed by atoms with Crippen LogP contribution >= 0.6 is 11.6 Å². The number of methoxy groups -OCH3 is 1. The van der Waals surface area contributed by atoms with E-state index in [0.717, 1.165) is 12.8 Å². The van der Waals surface area contributed by atoms with Gasteiger partial charge in [-0.15, -0.1) is 0 Å². The third-order valence-corrected chi connectivity index (χ3v) is 2.64. The highest BCUT2D eigenvalue weighted by molar-refractivity contribution is 6.30. The molecule has 0 aliphatic heterocycles. The molecule has 0 radical (unpaired) electrons. The molecule has 96 valence electrons. The lowest BCUT2D eigenvalue weighted by Crippen LogP contribution is -2.24. The molecule has 1 aromatic carbocycles. The zero-order valence-electron chi connectivity index (χ0n) is 10.2. The SMILES string of the molecule is COc1cc(Cl)ccc1C(=O)NCCCCC#N. The second-order valence-corrected chi connectivity index (χ2v) is 4.15. The number of amides is 1. The van der Waals surface area contributed by atoms with Crippen LogP contribution in [0.4, 0.5) is 0 Å². The first-order chi connectivity index (χ1) is 8.69. The summed E-state index contributed by atoms with van der Waals surface area (Å²) in [7, 11) is 1.50.